The summed E-state index contributed by atoms with van der Waals surface area (Å²) in [5.74, 6) is -0.655. The Balaban J connectivity index is 2.09. The van der Waals surface area contributed by atoms with Crippen LogP contribution in [0.1, 0.15) is 21.6 Å². The molecule has 0 aliphatic heterocycles. The maximum atomic E-state index is 12.2. The van der Waals surface area contributed by atoms with Gasteiger partial charge in [-0.2, -0.15) is 0 Å². The van der Waals surface area contributed by atoms with Crippen LogP contribution in [-0.4, -0.2) is 24.0 Å². The zero-order valence-corrected chi connectivity index (χ0v) is 13.0. The van der Waals surface area contributed by atoms with E-state index in [1.54, 1.807) is 23.6 Å². The van der Waals surface area contributed by atoms with Gasteiger partial charge in [0, 0.05) is 16.0 Å². The van der Waals surface area contributed by atoms with E-state index in [1.165, 1.54) is 18.4 Å². The van der Waals surface area contributed by atoms with Crippen molar-refractivity contribution in [1.82, 2.24) is 4.98 Å². The smallest absolute Gasteiger partial charge is 0.311 e. The van der Waals surface area contributed by atoms with E-state index in [4.69, 9.17) is 11.6 Å². The van der Waals surface area contributed by atoms with Gasteiger partial charge in [-0.15, -0.1) is 11.3 Å². The van der Waals surface area contributed by atoms with E-state index in [9.17, 15) is 9.59 Å². The minimum atomic E-state index is -0.371. The third-order valence-electron chi connectivity index (χ3n) is 2.77. The van der Waals surface area contributed by atoms with Crippen molar-refractivity contribution in [2.45, 2.75) is 13.3 Å². The van der Waals surface area contributed by atoms with Crippen LogP contribution in [0.25, 0.3) is 0 Å². The van der Waals surface area contributed by atoms with Crippen molar-refractivity contribution in [3.63, 3.8) is 0 Å². The lowest BCUT2D eigenvalue weighted by molar-refractivity contribution is -0.139. The van der Waals surface area contributed by atoms with Gasteiger partial charge >= 0.3 is 5.97 Å². The average molecular weight is 325 g/mol. The number of esters is 1. The molecule has 2 aromatic rings. The molecule has 2 rings (SSSR count). The minimum Gasteiger partial charge on any atom is -0.469 e. The molecular weight excluding hydrogens is 312 g/mol. The molecule has 1 aromatic carbocycles. The molecular formula is C14H13ClN2O3S. The molecule has 1 heterocycles. The van der Waals surface area contributed by atoms with Crippen LogP contribution >= 0.6 is 22.9 Å². The third-order valence-corrected chi connectivity index (χ3v) is 3.81. The number of hydrogen-bond acceptors (Lipinski definition) is 5. The Labute approximate surface area is 130 Å². The Morgan fingerprint density at radius 2 is 2.19 bits per heavy atom. The molecule has 21 heavy (non-hydrogen) atoms. The van der Waals surface area contributed by atoms with Crippen LogP contribution in [0.3, 0.4) is 0 Å². The third kappa shape index (κ3) is 4.03. The van der Waals surface area contributed by atoms with Crippen molar-refractivity contribution in [1.29, 1.82) is 0 Å². The van der Waals surface area contributed by atoms with Crippen LogP contribution in [0.4, 0.5) is 5.13 Å². The number of hydrogen-bond donors (Lipinski definition) is 1. The number of nitrogens with zero attached hydrogens (tertiary/aromatic N) is 1. The predicted octanol–water partition coefficient (Wildman–Crippen LogP) is 3.07. The van der Waals surface area contributed by atoms with Crippen LogP contribution in [-0.2, 0) is 16.0 Å². The number of thiazole rings is 1. The summed E-state index contributed by atoms with van der Waals surface area (Å²) in [5, 5.41) is 5.33. The fourth-order valence-corrected chi connectivity index (χ4v) is 2.55. The number of rotatable bonds is 4. The van der Waals surface area contributed by atoms with Gasteiger partial charge in [-0.05, 0) is 24.6 Å². The standard InChI is InChI=1S/C14H13ClN2O3S/c1-8-3-4-9(15)5-11(8)13(19)17-14-16-10(7-21-14)6-12(18)20-2/h3-5,7H,6H2,1-2H3,(H,16,17,19). The first-order valence-corrected chi connectivity index (χ1v) is 7.34. The Morgan fingerprint density at radius 3 is 2.90 bits per heavy atom. The molecule has 0 unspecified atom stereocenters. The number of carbonyl (C=O) groups is 2. The van der Waals surface area contributed by atoms with Gasteiger partial charge < -0.3 is 4.74 Å². The predicted molar refractivity (Wildman–Crippen MR) is 82.0 cm³/mol. The number of benzene rings is 1. The van der Waals surface area contributed by atoms with Gasteiger partial charge in [0.15, 0.2) is 5.13 Å². The van der Waals surface area contributed by atoms with Crippen molar-refractivity contribution in [2.75, 3.05) is 12.4 Å². The average Bonchev–Trinajstić information content (AvgIpc) is 2.88. The quantitative estimate of drug-likeness (QED) is 0.878. The molecule has 0 fully saturated rings. The largest absolute Gasteiger partial charge is 0.469 e. The van der Waals surface area contributed by atoms with E-state index < -0.39 is 0 Å². The number of carbonyl (C=O) groups excluding carboxylic acids is 2. The summed E-state index contributed by atoms with van der Waals surface area (Å²) in [7, 11) is 1.32. The number of amides is 1. The van der Waals surface area contributed by atoms with E-state index in [0.29, 0.717) is 21.4 Å². The van der Waals surface area contributed by atoms with Crippen molar-refractivity contribution in [2.24, 2.45) is 0 Å². The Hall–Kier alpha value is -1.92. The molecule has 1 N–H and O–H groups in total. The van der Waals surface area contributed by atoms with Gasteiger partial charge in [0.2, 0.25) is 0 Å². The summed E-state index contributed by atoms with van der Waals surface area (Å²) in [6.45, 7) is 1.83. The van der Waals surface area contributed by atoms with Crippen molar-refractivity contribution in [3.8, 4) is 0 Å². The summed E-state index contributed by atoms with van der Waals surface area (Å²) in [5.41, 5.74) is 1.88. The van der Waals surface area contributed by atoms with Gasteiger partial charge in [-0.1, -0.05) is 17.7 Å². The van der Waals surface area contributed by atoms with Crippen LogP contribution in [0.15, 0.2) is 23.6 Å². The molecule has 0 aliphatic carbocycles. The topological polar surface area (TPSA) is 68.3 Å². The lowest BCUT2D eigenvalue weighted by Crippen LogP contribution is -2.13. The fraction of sp³-hybridized carbons (Fsp3) is 0.214. The number of aromatic nitrogens is 1. The lowest BCUT2D eigenvalue weighted by atomic mass is 10.1. The molecule has 0 saturated carbocycles. The molecule has 1 amide bonds. The van der Waals surface area contributed by atoms with Gasteiger partial charge in [0.1, 0.15) is 0 Å². The lowest BCUT2D eigenvalue weighted by Gasteiger charge is -2.05. The highest BCUT2D eigenvalue weighted by molar-refractivity contribution is 7.14. The molecule has 0 radical (unpaired) electrons. The summed E-state index contributed by atoms with van der Waals surface area (Å²) < 4.78 is 4.57. The van der Waals surface area contributed by atoms with Gasteiger partial charge in [0.25, 0.3) is 5.91 Å². The number of ether oxygens (including phenoxy) is 1. The maximum absolute atomic E-state index is 12.2. The molecule has 0 saturated heterocycles. The Morgan fingerprint density at radius 1 is 1.43 bits per heavy atom. The minimum absolute atomic E-state index is 0.0824. The van der Waals surface area contributed by atoms with Crippen LogP contribution in [0, 0.1) is 6.92 Å². The van der Waals surface area contributed by atoms with E-state index in [-0.39, 0.29) is 18.3 Å². The first-order chi connectivity index (χ1) is 9.99. The fourth-order valence-electron chi connectivity index (χ4n) is 1.67. The summed E-state index contributed by atoms with van der Waals surface area (Å²) >= 11 is 7.15. The molecule has 0 spiro atoms. The molecule has 0 atom stereocenters. The highest BCUT2D eigenvalue weighted by atomic mass is 35.5. The second kappa shape index (κ2) is 6.69. The summed E-state index contributed by atoms with van der Waals surface area (Å²) in [4.78, 5) is 27.5. The number of halogens is 1. The van der Waals surface area contributed by atoms with Crippen LogP contribution < -0.4 is 5.32 Å². The van der Waals surface area contributed by atoms with Crippen molar-refractivity contribution >= 4 is 39.9 Å². The van der Waals surface area contributed by atoms with Gasteiger partial charge in [0.05, 0.1) is 19.2 Å². The van der Waals surface area contributed by atoms with Crippen LogP contribution in [0.5, 0.6) is 0 Å². The molecule has 0 aliphatic rings. The van der Waals surface area contributed by atoms with E-state index in [0.717, 1.165) is 5.56 Å². The SMILES string of the molecule is COC(=O)Cc1csc(NC(=O)c2cc(Cl)ccc2C)n1. The molecule has 5 nitrogen and oxygen atoms in total. The number of anilines is 1. The van der Waals surface area contributed by atoms with Crippen molar-refractivity contribution < 1.29 is 14.3 Å². The van der Waals surface area contributed by atoms with Gasteiger partial charge in [-0.25, -0.2) is 4.98 Å². The Kier molecular flexibility index (Phi) is 4.93. The van der Waals surface area contributed by atoms with Gasteiger partial charge in [-0.3, -0.25) is 14.9 Å². The monoisotopic (exact) mass is 324 g/mol. The number of nitrogens with one attached hydrogen (secondary N) is 1. The first kappa shape index (κ1) is 15.5. The zero-order valence-electron chi connectivity index (χ0n) is 11.5. The Bertz CT molecular complexity index is 685. The molecule has 110 valence electrons. The summed E-state index contributed by atoms with van der Waals surface area (Å²) in [6, 6.07) is 5.11. The van der Waals surface area contributed by atoms with E-state index >= 15 is 0 Å². The molecule has 1 aromatic heterocycles. The van der Waals surface area contributed by atoms with E-state index in [2.05, 4.69) is 15.0 Å². The molecule has 7 heteroatoms. The highest BCUT2D eigenvalue weighted by Crippen LogP contribution is 2.20. The summed E-state index contributed by atoms with van der Waals surface area (Å²) in [6.07, 6.45) is 0.0824. The second-order valence-corrected chi connectivity index (χ2v) is 5.60. The normalized spacial score (nSPS) is 10.2. The van der Waals surface area contributed by atoms with Crippen LogP contribution in [0.2, 0.25) is 5.02 Å². The van der Waals surface area contributed by atoms with Crippen molar-refractivity contribution in [3.05, 3.63) is 45.4 Å². The van der Waals surface area contributed by atoms with E-state index in [1.807, 2.05) is 6.92 Å². The highest BCUT2D eigenvalue weighted by Gasteiger charge is 2.13. The first-order valence-electron chi connectivity index (χ1n) is 6.08. The number of methoxy groups -OCH3 is 1. The zero-order chi connectivity index (χ0) is 15.4. The number of aryl methyl sites for hydroxylation is 1. The molecule has 0 bridgehead atoms. The maximum Gasteiger partial charge on any atom is 0.311 e. The second-order valence-electron chi connectivity index (χ2n) is 4.31.